The summed E-state index contributed by atoms with van der Waals surface area (Å²) >= 11 is 3.38. The Morgan fingerprint density at radius 1 is 1.53 bits per heavy atom. The summed E-state index contributed by atoms with van der Waals surface area (Å²) in [6, 6.07) is 0. The van der Waals surface area contributed by atoms with Gasteiger partial charge in [0.15, 0.2) is 0 Å². The molecule has 1 heterocycles. The molecule has 4 heteroatoms. The highest BCUT2D eigenvalue weighted by Gasteiger charge is 2.39. The Kier molecular flexibility index (Phi) is 3.51. The highest BCUT2D eigenvalue weighted by Crippen LogP contribution is 2.31. The van der Waals surface area contributed by atoms with Crippen molar-refractivity contribution in [3.8, 4) is 0 Å². The number of aliphatic hydroxyl groups is 1. The van der Waals surface area contributed by atoms with Gasteiger partial charge in [0.2, 0.25) is 5.91 Å². The monoisotopic (exact) mass is 277 g/mol. The number of nitrogens with zero attached hydrogens (tertiary/aromatic N) is 1. The van der Waals surface area contributed by atoms with Crippen molar-refractivity contribution in [3.63, 3.8) is 0 Å². The number of rotatable bonds is 1. The van der Waals surface area contributed by atoms with Crippen LogP contribution in [-0.4, -0.2) is 39.4 Å². The first-order valence-corrected chi connectivity index (χ1v) is 6.10. The van der Waals surface area contributed by atoms with Gasteiger partial charge in [-0.1, -0.05) is 29.8 Å². The normalized spacial score (nSPS) is 26.5. The zero-order chi connectivity index (χ0) is 11.9. The number of carbonyl (C=O) groups is 1. The van der Waals surface area contributed by atoms with E-state index in [2.05, 4.69) is 15.9 Å². The Morgan fingerprint density at radius 2 is 2.07 bits per heavy atom. The van der Waals surface area contributed by atoms with Crippen LogP contribution >= 0.6 is 15.9 Å². The molecular weight excluding hydrogens is 258 g/mol. The lowest BCUT2D eigenvalue weighted by molar-refractivity contribution is -0.139. The van der Waals surface area contributed by atoms with Crippen LogP contribution in [0, 0.1) is 5.41 Å². The van der Waals surface area contributed by atoms with E-state index < -0.39 is 4.32 Å². The van der Waals surface area contributed by atoms with Crippen LogP contribution in [-0.2, 0) is 4.79 Å². The number of hydrogen-bond acceptors (Lipinski definition) is 2. The van der Waals surface area contributed by atoms with Crippen molar-refractivity contribution in [1.29, 1.82) is 0 Å². The third-order valence-corrected chi connectivity index (χ3v) is 3.31. The number of hydrogen-bond donors (Lipinski definition) is 1. The van der Waals surface area contributed by atoms with E-state index >= 15 is 0 Å². The number of aliphatic hydroxyl groups excluding tert-OH is 1. The van der Waals surface area contributed by atoms with Crippen LogP contribution < -0.4 is 0 Å². The smallest absolute Gasteiger partial charge is 0.238 e. The second-order valence-electron chi connectivity index (χ2n) is 5.49. The molecule has 1 aliphatic heterocycles. The largest absolute Gasteiger partial charge is 0.392 e. The molecule has 1 N–H and O–H groups in total. The number of amides is 1. The van der Waals surface area contributed by atoms with Gasteiger partial charge in [0.25, 0.3) is 0 Å². The summed E-state index contributed by atoms with van der Waals surface area (Å²) in [5, 5.41) is 9.79. The summed E-state index contributed by atoms with van der Waals surface area (Å²) in [5.41, 5.74) is -0.202. The lowest BCUT2D eigenvalue weighted by atomic mass is 9.81. The maximum Gasteiger partial charge on any atom is 0.238 e. The molecule has 0 bridgehead atoms. The molecule has 0 spiro atoms. The van der Waals surface area contributed by atoms with E-state index in [1.807, 2.05) is 32.6 Å². The molecule has 88 valence electrons. The highest BCUT2D eigenvalue weighted by molar-refractivity contribution is 9.10. The van der Waals surface area contributed by atoms with Gasteiger partial charge in [-0.15, -0.1) is 0 Å². The zero-order valence-electron chi connectivity index (χ0n) is 9.88. The molecule has 1 amide bonds. The van der Waals surface area contributed by atoms with Gasteiger partial charge >= 0.3 is 0 Å². The van der Waals surface area contributed by atoms with Crippen molar-refractivity contribution < 1.29 is 9.90 Å². The number of halogens is 1. The fourth-order valence-corrected chi connectivity index (χ4v) is 2.15. The summed E-state index contributed by atoms with van der Waals surface area (Å²) in [6.45, 7) is 8.98. The predicted octanol–water partition coefficient (Wildman–Crippen LogP) is 1.78. The first kappa shape index (κ1) is 13.0. The molecule has 1 unspecified atom stereocenters. The molecule has 1 atom stereocenters. The number of alkyl halides is 1. The molecule has 0 saturated carbocycles. The van der Waals surface area contributed by atoms with E-state index in [1.54, 1.807) is 0 Å². The summed E-state index contributed by atoms with van der Waals surface area (Å²) in [5.74, 6) is 0.0995. The molecular formula is C11H20BrNO2. The Hall–Kier alpha value is -0.0900. The molecule has 3 nitrogen and oxygen atoms in total. The maximum atomic E-state index is 12.0. The van der Waals surface area contributed by atoms with E-state index in [-0.39, 0.29) is 17.4 Å². The highest BCUT2D eigenvalue weighted by atomic mass is 79.9. The van der Waals surface area contributed by atoms with E-state index in [1.165, 1.54) is 0 Å². The molecule has 1 fully saturated rings. The van der Waals surface area contributed by atoms with Gasteiger partial charge < -0.3 is 10.0 Å². The summed E-state index contributed by atoms with van der Waals surface area (Å²) in [4.78, 5) is 13.8. The topological polar surface area (TPSA) is 40.5 Å². The first-order chi connectivity index (χ1) is 6.64. The van der Waals surface area contributed by atoms with Crippen LogP contribution in [0.4, 0.5) is 0 Å². The fraction of sp³-hybridized carbons (Fsp3) is 0.909. The minimum atomic E-state index is -0.509. The van der Waals surface area contributed by atoms with Gasteiger partial charge in [0.05, 0.1) is 10.4 Å². The second-order valence-corrected chi connectivity index (χ2v) is 7.47. The van der Waals surface area contributed by atoms with E-state index in [0.29, 0.717) is 19.5 Å². The summed E-state index contributed by atoms with van der Waals surface area (Å²) in [6.07, 6.45) is 0.363. The number of likely N-dealkylation sites (tertiary alicyclic amines) is 1. The molecule has 0 radical (unpaired) electrons. The van der Waals surface area contributed by atoms with Crippen molar-refractivity contribution in [1.82, 2.24) is 4.90 Å². The van der Waals surface area contributed by atoms with Crippen LogP contribution in [0.1, 0.15) is 34.1 Å². The molecule has 0 aliphatic carbocycles. The first-order valence-electron chi connectivity index (χ1n) is 5.31. The minimum absolute atomic E-state index is 0.0995. The quantitative estimate of drug-likeness (QED) is 0.743. The van der Waals surface area contributed by atoms with Gasteiger partial charge in [0, 0.05) is 18.5 Å². The van der Waals surface area contributed by atoms with Gasteiger partial charge in [-0.25, -0.2) is 0 Å². The van der Waals surface area contributed by atoms with Gasteiger partial charge in [-0.2, -0.15) is 0 Å². The molecule has 0 aromatic rings. The SMILES string of the molecule is CC(C)(Br)C(=O)N1CCC(O)C(C)(C)C1. The maximum absolute atomic E-state index is 12.0. The molecule has 1 aliphatic rings. The van der Waals surface area contributed by atoms with E-state index in [0.717, 1.165) is 0 Å². The molecule has 1 rings (SSSR count). The molecule has 0 aromatic carbocycles. The molecule has 15 heavy (non-hydrogen) atoms. The zero-order valence-corrected chi connectivity index (χ0v) is 11.5. The van der Waals surface area contributed by atoms with Crippen molar-refractivity contribution in [2.75, 3.05) is 13.1 Å². The number of carbonyl (C=O) groups excluding carboxylic acids is 1. The van der Waals surface area contributed by atoms with Gasteiger partial charge in [-0.05, 0) is 20.3 Å². The van der Waals surface area contributed by atoms with Crippen LogP contribution in [0.15, 0.2) is 0 Å². The third kappa shape index (κ3) is 2.94. The van der Waals surface area contributed by atoms with Gasteiger partial charge in [-0.3, -0.25) is 4.79 Å². The van der Waals surface area contributed by atoms with Crippen LogP contribution in [0.5, 0.6) is 0 Å². The van der Waals surface area contributed by atoms with Crippen LogP contribution in [0.25, 0.3) is 0 Å². The third-order valence-electron chi connectivity index (χ3n) is 2.97. The van der Waals surface area contributed by atoms with E-state index in [9.17, 15) is 9.90 Å². The lowest BCUT2D eigenvalue weighted by Gasteiger charge is -2.43. The Balaban J connectivity index is 2.72. The molecule has 0 aromatic heterocycles. The summed E-state index contributed by atoms with van der Waals surface area (Å²) in [7, 11) is 0. The lowest BCUT2D eigenvalue weighted by Crippen LogP contribution is -2.54. The fourth-order valence-electron chi connectivity index (χ4n) is 1.89. The number of piperidine rings is 1. The Labute approximate surface area is 100.0 Å². The van der Waals surface area contributed by atoms with Crippen molar-refractivity contribution in [2.24, 2.45) is 5.41 Å². The van der Waals surface area contributed by atoms with Crippen LogP contribution in [0.3, 0.4) is 0 Å². The Morgan fingerprint density at radius 3 is 2.47 bits per heavy atom. The second kappa shape index (κ2) is 4.06. The minimum Gasteiger partial charge on any atom is -0.392 e. The van der Waals surface area contributed by atoms with Crippen molar-refractivity contribution >= 4 is 21.8 Å². The van der Waals surface area contributed by atoms with Crippen LogP contribution in [0.2, 0.25) is 0 Å². The van der Waals surface area contributed by atoms with Crippen molar-refractivity contribution in [2.45, 2.75) is 44.5 Å². The van der Waals surface area contributed by atoms with Gasteiger partial charge in [0.1, 0.15) is 0 Å². The van der Waals surface area contributed by atoms with E-state index in [4.69, 9.17) is 0 Å². The average Bonchev–Trinajstić information content (AvgIpc) is 2.07. The van der Waals surface area contributed by atoms with Crippen molar-refractivity contribution in [3.05, 3.63) is 0 Å². The summed E-state index contributed by atoms with van der Waals surface area (Å²) < 4.78 is -0.509. The Bertz CT molecular complexity index is 258. The standard InChI is InChI=1S/C11H20BrNO2/c1-10(2)7-13(6-5-8(10)14)9(15)11(3,4)12/h8,14H,5-7H2,1-4H3. The molecule has 1 saturated heterocycles. The predicted molar refractivity (Wildman–Crippen MR) is 64.0 cm³/mol. The average molecular weight is 278 g/mol.